The van der Waals surface area contributed by atoms with Gasteiger partial charge in [-0.1, -0.05) is 24.3 Å². The lowest BCUT2D eigenvalue weighted by molar-refractivity contribution is -0.140. The van der Waals surface area contributed by atoms with E-state index in [0.29, 0.717) is 35.6 Å². The number of H-pyrrole nitrogens is 1. The molecule has 2 heterocycles. The van der Waals surface area contributed by atoms with Crippen LogP contribution < -0.4 is 15.0 Å². The number of ether oxygens (including phenoxy) is 3. The number of esters is 1. The van der Waals surface area contributed by atoms with Crippen LogP contribution in [0.15, 0.2) is 52.8 Å². The number of rotatable bonds is 4. The highest BCUT2D eigenvalue weighted by Gasteiger charge is 2.39. The number of aliphatic hydroxyl groups excluding tert-OH is 1. The molecule has 0 amide bonds. The van der Waals surface area contributed by atoms with E-state index in [4.69, 9.17) is 14.2 Å². The van der Waals surface area contributed by atoms with E-state index >= 15 is 0 Å². The van der Waals surface area contributed by atoms with Gasteiger partial charge >= 0.3 is 5.97 Å². The van der Waals surface area contributed by atoms with Crippen molar-refractivity contribution in [3.8, 4) is 11.5 Å². The Labute approximate surface area is 192 Å². The van der Waals surface area contributed by atoms with Crippen molar-refractivity contribution < 1.29 is 33.7 Å². The minimum Gasteiger partial charge on any atom is -0.507 e. The van der Waals surface area contributed by atoms with Crippen molar-refractivity contribution in [1.29, 1.82) is 0 Å². The van der Waals surface area contributed by atoms with Crippen LogP contribution in [0.5, 0.6) is 11.5 Å². The molecule has 2 aliphatic rings. The summed E-state index contributed by atoms with van der Waals surface area (Å²) in [5.41, 5.74) is -0.203. The van der Waals surface area contributed by atoms with Gasteiger partial charge in [-0.15, -0.1) is 0 Å². The zero-order valence-electron chi connectivity index (χ0n) is 18.0. The van der Waals surface area contributed by atoms with Gasteiger partial charge in [0.15, 0.2) is 11.5 Å². The molecule has 1 aromatic heterocycles. The van der Waals surface area contributed by atoms with Crippen molar-refractivity contribution in [1.82, 2.24) is 4.98 Å². The van der Waals surface area contributed by atoms with Gasteiger partial charge in [0.05, 0.1) is 24.6 Å². The number of methoxy groups -OCH3 is 1. The summed E-state index contributed by atoms with van der Waals surface area (Å²) >= 11 is 0. The molecule has 1 atom stereocenters. The number of aromatic nitrogens is 1. The summed E-state index contributed by atoms with van der Waals surface area (Å²) < 4.78 is 15.9. The fraction of sp³-hybridized carbons (Fsp3) is 0.200. The highest BCUT2D eigenvalue weighted by Crippen LogP contribution is 2.39. The molecule has 34 heavy (non-hydrogen) atoms. The molecule has 0 spiro atoms. The SMILES string of the molecule is COC(=O)C[C@H](C1=C(O)c2ccccc2C(=O)C1=O)c1cc2cc3c(cc2[nH]c1=O)OCCO3. The molecule has 0 saturated heterocycles. The van der Waals surface area contributed by atoms with E-state index in [0.717, 1.165) is 0 Å². The summed E-state index contributed by atoms with van der Waals surface area (Å²) in [5, 5.41) is 11.6. The normalized spacial score (nSPS) is 15.8. The molecular formula is C25H19NO8. The second-order valence-electron chi connectivity index (χ2n) is 7.94. The van der Waals surface area contributed by atoms with Crippen LogP contribution in [0.4, 0.5) is 0 Å². The largest absolute Gasteiger partial charge is 0.507 e. The summed E-state index contributed by atoms with van der Waals surface area (Å²) in [7, 11) is 1.17. The third-order valence-electron chi connectivity index (χ3n) is 5.99. The lowest BCUT2D eigenvalue weighted by atomic mass is 9.78. The second-order valence-corrected chi connectivity index (χ2v) is 7.94. The van der Waals surface area contributed by atoms with Gasteiger partial charge in [0.1, 0.15) is 19.0 Å². The number of carbonyl (C=O) groups is 3. The number of pyridine rings is 1. The van der Waals surface area contributed by atoms with Crippen LogP contribution in [-0.2, 0) is 14.3 Å². The minimum absolute atomic E-state index is 0.0247. The Morgan fingerprint density at radius 2 is 1.71 bits per heavy atom. The van der Waals surface area contributed by atoms with Crippen molar-refractivity contribution in [3.63, 3.8) is 0 Å². The fourth-order valence-electron chi connectivity index (χ4n) is 4.34. The molecule has 0 saturated carbocycles. The van der Waals surface area contributed by atoms with Crippen molar-refractivity contribution in [2.24, 2.45) is 0 Å². The van der Waals surface area contributed by atoms with Crippen molar-refractivity contribution >= 4 is 34.2 Å². The number of aromatic amines is 1. The number of fused-ring (bicyclic) bond motifs is 3. The van der Waals surface area contributed by atoms with Gasteiger partial charge in [0.25, 0.3) is 5.56 Å². The Kier molecular flexibility index (Phi) is 5.16. The maximum absolute atomic E-state index is 13.1. The third kappa shape index (κ3) is 3.42. The molecule has 0 bridgehead atoms. The molecule has 172 valence electrons. The smallest absolute Gasteiger partial charge is 0.306 e. The van der Waals surface area contributed by atoms with Crippen LogP contribution in [0, 0.1) is 0 Å². The van der Waals surface area contributed by atoms with Crippen LogP contribution in [-0.4, -0.2) is 47.9 Å². The first kappa shape index (κ1) is 21.4. The molecule has 9 nitrogen and oxygen atoms in total. The average Bonchev–Trinajstić information content (AvgIpc) is 2.85. The zero-order valence-corrected chi connectivity index (χ0v) is 18.0. The van der Waals surface area contributed by atoms with Crippen molar-refractivity contribution in [2.75, 3.05) is 20.3 Å². The molecule has 0 radical (unpaired) electrons. The summed E-state index contributed by atoms with van der Waals surface area (Å²) in [5.74, 6) is -3.22. The maximum atomic E-state index is 13.1. The summed E-state index contributed by atoms with van der Waals surface area (Å²) in [6.07, 6.45) is -0.434. The van der Waals surface area contributed by atoms with Gasteiger partial charge in [-0.3, -0.25) is 19.2 Å². The van der Waals surface area contributed by atoms with Crippen LogP contribution in [0.25, 0.3) is 16.7 Å². The fourth-order valence-corrected chi connectivity index (χ4v) is 4.34. The van der Waals surface area contributed by atoms with Crippen molar-refractivity contribution in [2.45, 2.75) is 12.3 Å². The second kappa shape index (κ2) is 8.18. The standard InChI is InChI=1S/C25H19NO8/c1-32-20(27)10-15(21-22(28)13-4-2-3-5-14(13)23(29)24(21)30)16-8-12-9-18-19(34-7-6-33-18)11-17(12)26-25(16)31/h2-5,8-9,11,15,28H,6-7,10H2,1H3,(H,26,31)/t15-/m0/s1. The summed E-state index contributed by atoms with van der Waals surface area (Å²) in [6.45, 7) is 0.754. The predicted octanol–water partition coefficient (Wildman–Crippen LogP) is 2.68. The molecule has 1 aliphatic heterocycles. The van der Waals surface area contributed by atoms with Crippen LogP contribution in [0.2, 0.25) is 0 Å². The molecule has 0 unspecified atom stereocenters. The number of ketones is 2. The topological polar surface area (TPSA) is 132 Å². The number of benzene rings is 2. The van der Waals surface area contributed by atoms with Gasteiger partial charge < -0.3 is 24.3 Å². The summed E-state index contributed by atoms with van der Waals surface area (Å²) in [6, 6.07) is 10.9. The third-order valence-corrected chi connectivity index (χ3v) is 5.99. The first-order valence-corrected chi connectivity index (χ1v) is 10.5. The maximum Gasteiger partial charge on any atom is 0.306 e. The lowest BCUT2D eigenvalue weighted by Crippen LogP contribution is -2.31. The molecule has 9 heteroatoms. The molecule has 1 aliphatic carbocycles. The minimum atomic E-state index is -1.22. The summed E-state index contributed by atoms with van der Waals surface area (Å²) in [4.78, 5) is 54.0. The van der Waals surface area contributed by atoms with E-state index in [9.17, 15) is 24.3 Å². The highest BCUT2D eigenvalue weighted by molar-refractivity contribution is 6.52. The predicted molar refractivity (Wildman–Crippen MR) is 120 cm³/mol. The number of allylic oxidation sites excluding steroid dienone is 1. The van der Waals surface area contributed by atoms with Gasteiger partial charge in [-0.2, -0.15) is 0 Å². The molecule has 2 N–H and O–H groups in total. The van der Waals surface area contributed by atoms with Crippen LogP contribution >= 0.6 is 0 Å². The Balaban J connectivity index is 1.72. The van der Waals surface area contributed by atoms with Gasteiger partial charge in [0.2, 0.25) is 11.6 Å². The highest BCUT2D eigenvalue weighted by atomic mass is 16.6. The van der Waals surface area contributed by atoms with E-state index < -0.39 is 41.2 Å². The van der Waals surface area contributed by atoms with E-state index in [2.05, 4.69) is 4.98 Å². The van der Waals surface area contributed by atoms with Crippen molar-refractivity contribution in [3.05, 3.63) is 75.1 Å². The van der Waals surface area contributed by atoms with E-state index in [1.54, 1.807) is 24.3 Å². The quantitative estimate of drug-likeness (QED) is 0.448. The van der Waals surface area contributed by atoms with E-state index in [1.165, 1.54) is 25.3 Å². The number of hydrogen-bond acceptors (Lipinski definition) is 8. The van der Waals surface area contributed by atoms with Gasteiger partial charge in [-0.05, 0) is 12.1 Å². The molecule has 3 aromatic rings. The van der Waals surface area contributed by atoms with Gasteiger partial charge in [0, 0.05) is 34.1 Å². The van der Waals surface area contributed by atoms with Gasteiger partial charge in [-0.25, -0.2) is 0 Å². The number of carbonyl (C=O) groups excluding carboxylic acids is 3. The number of aliphatic hydroxyl groups is 1. The van der Waals surface area contributed by atoms with Crippen LogP contribution in [0.1, 0.15) is 33.8 Å². The molecule has 0 fully saturated rings. The Bertz CT molecular complexity index is 1470. The van der Waals surface area contributed by atoms with Crippen LogP contribution in [0.3, 0.4) is 0 Å². The Morgan fingerprint density at radius 3 is 2.41 bits per heavy atom. The molecular weight excluding hydrogens is 442 g/mol. The monoisotopic (exact) mass is 461 g/mol. The van der Waals surface area contributed by atoms with E-state index in [-0.39, 0.29) is 22.3 Å². The number of nitrogens with one attached hydrogen (secondary N) is 1. The molecule has 5 rings (SSSR count). The Hall–Kier alpha value is -4.40. The van der Waals surface area contributed by atoms with E-state index in [1.807, 2.05) is 0 Å². The Morgan fingerprint density at radius 1 is 1.03 bits per heavy atom. The zero-order chi connectivity index (χ0) is 24.0. The molecule has 2 aromatic carbocycles. The first-order chi connectivity index (χ1) is 16.4. The lowest BCUT2D eigenvalue weighted by Gasteiger charge is -2.24. The average molecular weight is 461 g/mol. The number of hydrogen-bond donors (Lipinski definition) is 2. The number of Topliss-reactive ketones (excluding diaryl/α,β-unsaturated/α-hetero) is 2. The first-order valence-electron chi connectivity index (χ1n) is 10.5.